The van der Waals surface area contributed by atoms with E-state index in [0.29, 0.717) is 12.2 Å². The monoisotopic (exact) mass is 210 g/mol. The van der Waals surface area contributed by atoms with Crippen LogP contribution in [0.25, 0.3) is 0 Å². The zero-order valence-corrected chi connectivity index (χ0v) is 7.70. The summed E-state index contributed by atoms with van der Waals surface area (Å²) in [7, 11) is 0. The Hall–Kier alpha value is -2.37. The van der Waals surface area contributed by atoms with Crippen molar-refractivity contribution in [1.29, 1.82) is 0 Å². The lowest BCUT2D eigenvalue weighted by molar-refractivity contribution is -0.134. The van der Waals surface area contributed by atoms with E-state index >= 15 is 0 Å². The number of aliphatic carboxylic acids is 2. The number of pyridine rings is 1. The SMILES string of the molecule is Nc1ccncc1.O=C(O)C=CC(=O)O. The third-order valence-corrected chi connectivity index (χ3v) is 1.07. The van der Waals surface area contributed by atoms with Gasteiger partial charge in [-0.1, -0.05) is 0 Å². The molecule has 0 bridgehead atoms. The number of anilines is 1. The normalized spacial score (nSPS) is 9.07. The Morgan fingerprint density at radius 1 is 1.13 bits per heavy atom. The molecule has 80 valence electrons. The Kier molecular flexibility index (Phi) is 5.96. The zero-order chi connectivity index (χ0) is 11.7. The van der Waals surface area contributed by atoms with Gasteiger partial charge >= 0.3 is 11.9 Å². The molecule has 0 saturated carbocycles. The van der Waals surface area contributed by atoms with Gasteiger partial charge in [0.2, 0.25) is 0 Å². The lowest BCUT2D eigenvalue weighted by Crippen LogP contribution is -1.91. The van der Waals surface area contributed by atoms with Gasteiger partial charge < -0.3 is 15.9 Å². The molecule has 1 aromatic heterocycles. The van der Waals surface area contributed by atoms with Gasteiger partial charge in [-0.25, -0.2) is 9.59 Å². The maximum atomic E-state index is 9.55. The molecule has 0 spiro atoms. The van der Waals surface area contributed by atoms with Crippen LogP contribution in [0.1, 0.15) is 0 Å². The van der Waals surface area contributed by atoms with Crippen LogP contribution in [0.3, 0.4) is 0 Å². The summed E-state index contributed by atoms with van der Waals surface area (Å²) in [5.41, 5.74) is 6.08. The molecular weight excluding hydrogens is 200 g/mol. The predicted molar refractivity (Wildman–Crippen MR) is 53.1 cm³/mol. The van der Waals surface area contributed by atoms with E-state index in [1.165, 1.54) is 0 Å². The maximum absolute atomic E-state index is 9.55. The lowest BCUT2D eigenvalue weighted by atomic mass is 10.4. The lowest BCUT2D eigenvalue weighted by Gasteiger charge is -1.83. The first-order valence-electron chi connectivity index (χ1n) is 3.82. The van der Waals surface area contributed by atoms with E-state index in [4.69, 9.17) is 15.9 Å². The molecule has 0 saturated heterocycles. The van der Waals surface area contributed by atoms with E-state index in [1.54, 1.807) is 24.5 Å². The fraction of sp³-hybridized carbons (Fsp3) is 0. The number of nitrogen functional groups attached to an aromatic ring is 1. The van der Waals surface area contributed by atoms with Crippen LogP contribution < -0.4 is 5.73 Å². The van der Waals surface area contributed by atoms with E-state index < -0.39 is 11.9 Å². The van der Waals surface area contributed by atoms with Crippen molar-refractivity contribution in [3.63, 3.8) is 0 Å². The number of hydrogen-bond acceptors (Lipinski definition) is 4. The summed E-state index contributed by atoms with van der Waals surface area (Å²) < 4.78 is 0. The maximum Gasteiger partial charge on any atom is 0.328 e. The summed E-state index contributed by atoms with van der Waals surface area (Å²) in [6.07, 6.45) is 4.44. The third kappa shape index (κ3) is 9.54. The minimum absolute atomic E-state index is 0.558. The van der Waals surface area contributed by atoms with Gasteiger partial charge in [0.1, 0.15) is 0 Å². The average Bonchev–Trinajstić information content (AvgIpc) is 2.17. The van der Waals surface area contributed by atoms with Crippen LogP contribution >= 0.6 is 0 Å². The molecule has 1 rings (SSSR count). The minimum Gasteiger partial charge on any atom is -0.478 e. The smallest absolute Gasteiger partial charge is 0.328 e. The quantitative estimate of drug-likeness (QED) is 0.608. The van der Waals surface area contributed by atoms with Crippen LogP contribution in [-0.2, 0) is 9.59 Å². The Morgan fingerprint density at radius 3 is 1.73 bits per heavy atom. The number of carboxylic acid groups (broad SMARTS) is 2. The van der Waals surface area contributed by atoms with Crippen molar-refractivity contribution in [2.24, 2.45) is 0 Å². The number of carbonyl (C=O) groups is 2. The van der Waals surface area contributed by atoms with E-state index in [0.717, 1.165) is 5.69 Å². The minimum atomic E-state index is -1.26. The van der Waals surface area contributed by atoms with Crippen LogP contribution in [0.4, 0.5) is 5.69 Å². The third-order valence-electron chi connectivity index (χ3n) is 1.07. The van der Waals surface area contributed by atoms with Gasteiger partial charge in [0, 0.05) is 30.2 Å². The molecular formula is C9H10N2O4. The van der Waals surface area contributed by atoms with E-state index in [-0.39, 0.29) is 0 Å². The van der Waals surface area contributed by atoms with Crippen LogP contribution in [-0.4, -0.2) is 27.1 Å². The van der Waals surface area contributed by atoms with Crippen molar-refractivity contribution < 1.29 is 19.8 Å². The number of rotatable bonds is 2. The Balaban J connectivity index is 0.000000262. The molecule has 0 fully saturated rings. The molecule has 1 aromatic rings. The average molecular weight is 210 g/mol. The van der Waals surface area contributed by atoms with Gasteiger partial charge in [0.05, 0.1) is 0 Å². The first-order valence-corrected chi connectivity index (χ1v) is 3.82. The second kappa shape index (κ2) is 7.07. The van der Waals surface area contributed by atoms with Gasteiger partial charge in [0.15, 0.2) is 0 Å². The van der Waals surface area contributed by atoms with Crippen LogP contribution in [0.5, 0.6) is 0 Å². The van der Waals surface area contributed by atoms with Gasteiger partial charge in [0.25, 0.3) is 0 Å². The molecule has 4 N–H and O–H groups in total. The molecule has 6 heteroatoms. The number of carboxylic acids is 2. The number of aromatic nitrogens is 1. The summed E-state index contributed by atoms with van der Waals surface area (Å²) in [6.45, 7) is 0. The Bertz CT molecular complexity index is 332. The summed E-state index contributed by atoms with van der Waals surface area (Å²) in [5.74, 6) is -2.51. The molecule has 0 radical (unpaired) electrons. The van der Waals surface area contributed by atoms with Gasteiger partial charge in [-0.05, 0) is 12.1 Å². The molecule has 0 aliphatic heterocycles. The fourth-order valence-corrected chi connectivity index (χ4v) is 0.506. The van der Waals surface area contributed by atoms with Crippen molar-refractivity contribution in [3.8, 4) is 0 Å². The molecule has 0 unspecified atom stereocenters. The number of nitrogens with zero attached hydrogens (tertiary/aromatic N) is 1. The van der Waals surface area contributed by atoms with Crippen LogP contribution in [0, 0.1) is 0 Å². The number of nitrogens with two attached hydrogens (primary N) is 1. The van der Waals surface area contributed by atoms with Crippen LogP contribution in [0.2, 0.25) is 0 Å². The standard InChI is InChI=1S/C5H6N2.C4H4O4/c6-5-1-3-7-4-2-5;5-3(6)1-2-4(7)8/h1-4H,(H2,6,7);1-2H,(H,5,6)(H,7,8). The fourth-order valence-electron chi connectivity index (χ4n) is 0.506. The molecule has 0 aliphatic carbocycles. The molecule has 0 amide bonds. The topological polar surface area (TPSA) is 114 Å². The molecule has 1 heterocycles. The van der Waals surface area contributed by atoms with Gasteiger partial charge in [-0.15, -0.1) is 0 Å². The first kappa shape index (κ1) is 12.6. The summed E-state index contributed by atoms with van der Waals surface area (Å²) in [5, 5.41) is 15.6. The molecule has 6 nitrogen and oxygen atoms in total. The first-order chi connectivity index (χ1) is 7.02. The highest BCUT2D eigenvalue weighted by atomic mass is 16.4. The summed E-state index contributed by atoms with van der Waals surface area (Å²) in [4.78, 5) is 22.9. The molecule has 15 heavy (non-hydrogen) atoms. The van der Waals surface area contributed by atoms with Crippen molar-refractivity contribution in [2.75, 3.05) is 5.73 Å². The van der Waals surface area contributed by atoms with Crippen molar-refractivity contribution in [3.05, 3.63) is 36.7 Å². The second-order valence-electron chi connectivity index (χ2n) is 2.29. The Morgan fingerprint density at radius 2 is 1.53 bits per heavy atom. The number of hydrogen-bond donors (Lipinski definition) is 3. The van der Waals surface area contributed by atoms with E-state index in [9.17, 15) is 9.59 Å². The van der Waals surface area contributed by atoms with Crippen LogP contribution in [0.15, 0.2) is 36.7 Å². The highest BCUT2D eigenvalue weighted by Crippen LogP contribution is 1.92. The zero-order valence-electron chi connectivity index (χ0n) is 7.70. The highest BCUT2D eigenvalue weighted by molar-refractivity contribution is 5.89. The largest absolute Gasteiger partial charge is 0.478 e. The van der Waals surface area contributed by atoms with Crippen molar-refractivity contribution in [1.82, 2.24) is 4.98 Å². The van der Waals surface area contributed by atoms with Gasteiger partial charge in [-0.3, -0.25) is 4.98 Å². The Labute approximate surface area is 85.7 Å². The van der Waals surface area contributed by atoms with Crippen molar-refractivity contribution in [2.45, 2.75) is 0 Å². The van der Waals surface area contributed by atoms with Gasteiger partial charge in [-0.2, -0.15) is 0 Å². The molecule has 0 aliphatic rings. The summed E-state index contributed by atoms with van der Waals surface area (Å²) >= 11 is 0. The second-order valence-corrected chi connectivity index (χ2v) is 2.29. The van der Waals surface area contributed by atoms with E-state index in [2.05, 4.69) is 4.98 Å². The summed E-state index contributed by atoms with van der Waals surface area (Å²) in [6, 6.07) is 3.50. The molecule has 0 aromatic carbocycles. The van der Waals surface area contributed by atoms with Crippen molar-refractivity contribution >= 4 is 17.6 Å². The predicted octanol–water partition coefficient (Wildman–Crippen LogP) is 0.376. The van der Waals surface area contributed by atoms with E-state index in [1.807, 2.05) is 0 Å². The molecule has 0 atom stereocenters. The highest BCUT2D eigenvalue weighted by Gasteiger charge is 1.88.